The zero-order chi connectivity index (χ0) is 17.8. The van der Waals surface area contributed by atoms with Crippen molar-refractivity contribution in [1.82, 2.24) is 9.88 Å². The Bertz CT molecular complexity index is 560. The molecule has 1 heterocycles. The number of hydrogen-bond donors (Lipinski definition) is 0. The maximum Gasteiger partial charge on any atom is 0.411 e. The molecule has 1 aromatic heterocycles. The molecular weight excluding hydrogens is 300 g/mol. The average molecular weight is 324 g/mol. The van der Waals surface area contributed by atoms with Crippen molar-refractivity contribution in [3.05, 3.63) is 17.8 Å². The number of aromatic nitrogens is 1. The van der Waals surface area contributed by atoms with Crippen LogP contribution >= 0.6 is 0 Å². The van der Waals surface area contributed by atoms with Crippen LogP contribution in [0.2, 0.25) is 0 Å². The first-order valence-electron chi connectivity index (χ1n) is 7.11. The SMILES string of the molecule is COc1ccnc(OC)c1C(C)(C=O)N(C)C(=O)OC(C)(C)C. The molecule has 1 amide bonds. The van der Waals surface area contributed by atoms with Crippen LogP contribution in [-0.4, -0.2) is 49.1 Å². The Morgan fingerprint density at radius 1 is 1.22 bits per heavy atom. The van der Waals surface area contributed by atoms with Gasteiger partial charge in [-0.1, -0.05) is 0 Å². The number of methoxy groups -OCH3 is 2. The van der Waals surface area contributed by atoms with Crippen LogP contribution in [0.3, 0.4) is 0 Å². The van der Waals surface area contributed by atoms with Gasteiger partial charge in [0.15, 0.2) is 0 Å². The van der Waals surface area contributed by atoms with Gasteiger partial charge in [0.1, 0.15) is 23.2 Å². The zero-order valence-electron chi connectivity index (χ0n) is 14.7. The van der Waals surface area contributed by atoms with Crippen LogP contribution in [0, 0.1) is 0 Å². The summed E-state index contributed by atoms with van der Waals surface area (Å²) in [5.41, 5.74) is -1.70. The molecule has 1 unspecified atom stereocenters. The first-order chi connectivity index (χ1) is 10.6. The van der Waals surface area contributed by atoms with E-state index in [1.807, 2.05) is 0 Å². The van der Waals surface area contributed by atoms with E-state index in [0.29, 0.717) is 17.6 Å². The molecule has 0 bridgehead atoms. The number of hydrogen-bond acceptors (Lipinski definition) is 6. The van der Waals surface area contributed by atoms with Gasteiger partial charge in [-0.2, -0.15) is 0 Å². The molecule has 0 aliphatic heterocycles. The van der Waals surface area contributed by atoms with Crippen molar-refractivity contribution in [2.45, 2.75) is 38.8 Å². The maximum absolute atomic E-state index is 12.4. The van der Waals surface area contributed by atoms with Crippen LogP contribution in [0.25, 0.3) is 0 Å². The lowest BCUT2D eigenvalue weighted by molar-refractivity contribution is -0.117. The molecule has 0 spiro atoms. The van der Waals surface area contributed by atoms with Gasteiger partial charge in [-0.15, -0.1) is 0 Å². The topological polar surface area (TPSA) is 78.0 Å². The summed E-state index contributed by atoms with van der Waals surface area (Å²) in [4.78, 5) is 29.6. The van der Waals surface area contributed by atoms with E-state index in [-0.39, 0.29) is 5.88 Å². The standard InChI is InChI=1S/C16H24N2O5/c1-15(2,3)23-14(20)18(5)16(4,10-19)12-11(21-6)8-9-17-13(12)22-7/h8-10H,1-7H3. The number of carbonyl (C=O) groups is 2. The highest BCUT2D eigenvalue weighted by Crippen LogP contribution is 2.38. The lowest BCUT2D eigenvalue weighted by Crippen LogP contribution is -2.48. The van der Waals surface area contributed by atoms with E-state index in [0.717, 1.165) is 0 Å². The second kappa shape index (κ2) is 6.85. The van der Waals surface area contributed by atoms with Gasteiger partial charge in [-0.25, -0.2) is 9.78 Å². The molecule has 23 heavy (non-hydrogen) atoms. The van der Waals surface area contributed by atoms with Gasteiger partial charge in [0.25, 0.3) is 0 Å². The number of amides is 1. The molecule has 0 N–H and O–H groups in total. The van der Waals surface area contributed by atoms with Crippen molar-refractivity contribution in [3.63, 3.8) is 0 Å². The predicted octanol–water partition coefficient (Wildman–Crippen LogP) is 2.38. The van der Waals surface area contributed by atoms with E-state index < -0.39 is 17.2 Å². The molecule has 1 rings (SSSR count). The van der Waals surface area contributed by atoms with Gasteiger partial charge < -0.3 is 19.0 Å². The highest BCUT2D eigenvalue weighted by Gasteiger charge is 2.41. The fourth-order valence-corrected chi connectivity index (χ4v) is 2.04. The first-order valence-corrected chi connectivity index (χ1v) is 7.11. The van der Waals surface area contributed by atoms with Gasteiger partial charge in [0.2, 0.25) is 5.88 Å². The third kappa shape index (κ3) is 3.91. The summed E-state index contributed by atoms with van der Waals surface area (Å²) < 4.78 is 15.9. The van der Waals surface area contributed by atoms with Gasteiger partial charge >= 0.3 is 6.09 Å². The van der Waals surface area contributed by atoms with Crippen LogP contribution in [0.4, 0.5) is 4.79 Å². The highest BCUT2D eigenvalue weighted by molar-refractivity contribution is 5.79. The van der Waals surface area contributed by atoms with Crippen molar-refractivity contribution >= 4 is 12.4 Å². The average Bonchev–Trinajstić information content (AvgIpc) is 2.50. The van der Waals surface area contributed by atoms with Crippen LogP contribution < -0.4 is 9.47 Å². The fourth-order valence-electron chi connectivity index (χ4n) is 2.04. The molecule has 0 aliphatic carbocycles. The number of nitrogens with zero attached hydrogens (tertiary/aromatic N) is 2. The predicted molar refractivity (Wildman–Crippen MR) is 84.8 cm³/mol. The summed E-state index contributed by atoms with van der Waals surface area (Å²) in [7, 11) is 4.38. The monoisotopic (exact) mass is 324 g/mol. The number of carbonyl (C=O) groups excluding carboxylic acids is 2. The van der Waals surface area contributed by atoms with Crippen molar-refractivity contribution < 1.29 is 23.8 Å². The molecule has 0 saturated carbocycles. The van der Waals surface area contributed by atoms with E-state index in [1.165, 1.54) is 32.4 Å². The summed E-state index contributed by atoms with van der Waals surface area (Å²) in [6.45, 7) is 6.83. The molecule has 0 aromatic carbocycles. The van der Waals surface area contributed by atoms with Crippen molar-refractivity contribution in [3.8, 4) is 11.6 Å². The van der Waals surface area contributed by atoms with E-state index in [1.54, 1.807) is 33.8 Å². The molecule has 1 aromatic rings. The lowest BCUT2D eigenvalue weighted by atomic mass is 9.92. The highest BCUT2D eigenvalue weighted by atomic mass is 16.6. The molecule has 7 heteroatoms. The molecule has 1 atom stereocenters. The van der Waals surface area contributed by atoms with E-state index in [9.17, 15) is 9.59 Å². The Morgan fingerprint density at radius 2 is 1.83 bits per heavy atom. The minimum atomic E-state index is -1.37. The van der Waals surface area contributed by atoms with Crippen LogP contribution in [-0.2, 0) is 15.1 Å². The molecule has 0 radical (unpaired) electrons. The second-order valence-electron chi connectivity index (χ2n) is 6.20. The fraction of sp³-hybridized carbons (Fsp3) is 0.562. The normalized spacial score (nSPS) is 13.7. The van der Waals surface area contributed by atoms with Crippen molar-refractivity contribution in [1.29, 1.82) is 0 Å². The van der Waals surface area contributed by atoms with Crippen molar-refractivity contribution in [2.75, 3.05) is 21.3 Å². The van der Waals surface area contributed by atoms with Gasteiger partial charge in [0, 0.05) is 13.2 Å². The summed E-state index contributed by atoms with van der Waals surface area (Å²) in [5, 5.41) is 0. The first kappa shape index (κ1) is 18.7. The van der Waals surface area contributed by atoms with Gasteiger partial charge in [-0.3, -0.25) is 4.90 Å². The molecular formula is C16H24N2O5. The Labute approximate surface area is 136 Å². The number of ether oxygens (including phenoxy) is 3. The third-order valence-electron chi connectivity index (χ3n) is 3.39. The third-order valence-corrected chi connectivity index (χ3v) is 3.39. The smallest absolute Gasteiger partial charge is 0.411 e. The Balaban J connectivity index is 3.40. The second-order valence-corrected chi connectivity index (χ2v) is 6.20. The van der Waals surface area contributed by atoms with Crippen LogP contribution in [0.15, 0.2) is 12.3 Å². The Morgan fingerprint density at radius 3 is 2.26 bits per heavy atom. The Hall–Kier alpha value is -2.31. The van der Waals surface area contributed by atoms with E-state index >= 15 is 0 Å². The molecule has 7 nitrogen and oxygen atoms in total. The number of rotatable bonds is 5. The Kier molecular flexibility index (Phi) is 5.58. The summed E-state index contributed by atoms with van der Waals surface area (Å²) in [6.07, 6.45) is 1.50. The van der Waals surface area contributed by atoms with Gasteiger partial charge in [0.05, 0.1) is 19.8 Å². The van der Waals surface area contributed by atoms with Gasteiger partial charge in [-0.05, 0) is 33.8 Å². The summed E-state index contributed by atoms with van der Waals surface area (Å²) in [5.74, 6) is 0.594. The molecule has 0 saturated heterocycles. The largest absolute Gasteiger partial charge is 0.496 e. The maximum atomic E-state index is 12.4. The molecule has 0 fully saturated rings. The molecule has 0 aliphatic rings. The number of aldehydes is 1. The van der Waals surface area contributed by atoms with Crippen LogP contribution in [0.1, 0.15) is 33.3 Å². The van der Waals surface area contributed by atoms with E-state index in [2.05, 4.69) is 4.98 Å². The minimum Gasteiger partial charge on any atom is -0.496 e. The zero-order valence-corrected chi connectivity index (χ0v) is 14.7. The molecule has 128 valence electrons. The summed E-state index contributed by atoms with van der Waals surface area (Å²) >= 11 is 0. The van der Waals surface area contributed by atoms with Crippen LogP contribution in [0.5, 0.6) is 11.6 Å². The lowest BCUT2D eigenvalue weighted by Gasteiger charge is -2.36. The quantitative estimate of drug-likeness (QED) is 0.774. The van der Waals surface area contributed by atoms with Crippen molar-refractivity contribution in [2.24, 2.45) is 0 Å². The number of likely N-dealkylation sites (N-methyl/N-ethyl adjacent to an activating group) is 1. The van der Waals surface area contributed by atoms with E-state index in [4.69, 9.17) is 14.2 Å². The number of pyridine rings is 1. The minimum absolute atomic E-state index is 0.203. The summed E-state index contributed by atoms with van der Waals surface area (Å²) in [6, 6.07) is 1.60.